The van der Waals surface area contributed by atoms with E-state index in [2.05, 4.69) is 15.1 Å². The topological polar surface area (TPSA) is 105 Å². The molecule has 1 fully saturated rings. The highest BCUT2D eigenvalue weighted by molar-refractivity contribution is 7.89. The van der Waals surface area contributed by atoms with Crippen LogP contribution in [0, 0.1) is 11.3 Å². The third kappa shape index (κ3) is 2.30. The van der Waals surface area contributed by atoms with Gasteiger partial charge in [-0.3, -0.25) is 4.68 Å². The van der Waals surface area contributed by atoms with Gasteiger partial charge in [0.15, 0.2) is 0 Å². The highest BCUT2D eigenvalue weighted by atomic mass is 32.2. The van der Waals surface area contributed by atoms with E-state index in [0.717, 1.165) is 0 Å². The zero-order valence-corrected chi connectivity index (χ0v) is 16.2. The Balaban J connectivity index is 1.63. The van der Waals surface area contributed by atoms with Crippen LogP contribution in [0.4, 0.5) is 8.78 Å². The summed E-state index contributed by atoms with van der Waals surface area (Å²) in [4.78, 5) is 8.30. The van der Waals surface area contributed by atoms with E-state index in [0.29, 0.717) is 23.4 Å². The SMILES string of the molecule is CCS(=O)(=O)N1CC(CC#N)(n2cc3c(n2)-c2ncnc4c2C(=CC4)C3(F)F)C1. The lowest BCUT2D eigenvalue weighted by Crippen LogP contribution is -2.64. The largest absolute Gasteiger partial charge is 0.302 e. The molecule has 2 aromatic rings. The van der Waals surface area contributed by atoms with Gasteiger partial charge in [-0.2, -0.15) is 23.4 Å². The summed E-state index contributed by atoms with van der Waals surface area (Å²) in [6.45, 7) is 1.58. The zero-order chi connectivity index (χ0) is 20.6. The number of fused-ring (bicyclic) bond motifs is 2. The number of halogens is 2. The van der Waals surface area contributed by atoms with Crippen molar-refractivity contribution < 1.29 is 17.2 Å². The first-order valence-corrected chi connectivity index (χ1v) is 10.7. The fourth-order valence-electron chi connectivity index (χ4n) is 4.27. The first-order chi connectivity index (χ1) is 13.7. The van der Waals surface area contributed by atoms with Crippen LogP contribution in [0.3, 0.4) is 0 Å². The molecule has 0 saturated carbocycles. The smallest absolute Gasteiger partial charge is 0.262 e. The van der Waals surface area contributed by atoms with Gasteiger partial charge in [0.05, 0.1) is 29.5 Å². The average molecular weight is 418 g/mol. The van der Waals surface area contributed by atoms with Crippen molar-refractivity contribution in [3.8, 4) is 17.5 Å². The quantitative estimate of drug-likeness (QED) is 0.748. The van der Waals surface area contributed by atoms with Gasteiger partial charge in [-0.15, -0.1) is 0 Å². The molecule has 0 spiro atoms. The van der Waals surface area contributed by atoms with E-state index in [-0.39, 0.29) is 42.1 Å². The molecule has 8 nitrogen and oxygen atoms in total. The van der Waals surface area contributed by atoms with Crippen molar-refractivity contribution in [3.63, 3.8) is 0 Å². The Hall–Kier alpha value is -2.71. The Morgan fingerprint density at radius 1 is 1.28 bits per heavy atom. The van der Waals surface area contributed by atoms with Gasteiger partial charge in [-0.05, 0) is 6.92 Å². The maximum atomic E-state index is 15.3. The van der Waals surface area contributed by atoms with Crippen LogP contribution >= 0.6 is 0 Å². The van der Waals surface area contributed by atoms with Crippen LogP contribution in [0.1, 0.15) is 30.2 Å². The second-order valence-corrected chi connectivity index (χ2v) is 9.76. The molecule has 3 heterocycles. The summed E-state index contributed by atoms with van der Waals surface area (Å²) in [6.07, 6.45) is 4.32. The lowest BCUT2D eigenvalue weighted by molar-refractivity contribution is 0.0596. The van der Waals surface area contributed by atoms with E-state index in [4.69, 9.17) is 0 Å². The average Bonchev–Trinajstić information content (AvgIpc) is 3.29. The Morgan fingerprint density at radius 2 is 2.03 bits per heavy atom. The second-order valence-electron chi connectivity index (χ2n) is 7.50. The van der Waals surface area contributed by atoms with E-state index in [1.54, 1.807) is 0 Å². The fourth-order valence-corrected chi connectivity index (χ4v) is 5.51. The Labute approximate surface area is 165 Å². The monoisotopic (exact) mass is 418 g/mol. The molecule has 29 heavy (non-hydrogen) atoms. The predicted octanol–water partition coefficient (Wildman–Crippen LogP) is 1.66. The number of hydrogen-bond acceptors (Lipinski definition) is 6. The van der Waals surface area contributed by atoms with Gasteiger partial charge in [0.2, 0.25) is 10.0 Å². The molecule has 1 aliphatic heterocycles. The molecular weight excluding hydrogens is 402 g/mol. The van der Waals surface area contributed by atoms with Gasteiger partial charge < -0.3 is 0 Å². The number of allylic oxidation sites excluding steroid dienone is 2. The zero-order valence-electron chi connectivity index (χ0n) is 15.4. The number of nitrogens with zero attached hydrogens (tertiary/aromatic N) is 6. The molecule has 3 aliphatic rings. The van der Waals surface area contributed by atoms with Crippen molar-refractivity contribution in [2.45, 2.75) is 31.2 Å². The van der Waals surface area contributed by atoms with Crippen LogP contribution in [-0.2, 0) is 27.9 Å². The van der Waals surface area contributed by atoms with Gasteiger partial charge in [-0.25, -0.2) is 18.4 Å². The van der Waals surface area contributed by atoms with E-state index in [9.17, 15) is 13.7 Å². The van der Waals surface area contributed by atoms with Crippen LogP contribution in [-0.4, -0.2) is 51.3 Å². The molecule has 2 aromatic heterocycles. The lowest BCUT2D eigenvalue weighted by atomic mass is 9.87. The van der Waals surface area contributed by atoms with Crippen LogP contribution in [0.25, 0.3) is 17.0 Å². The molecule has 11 heteroatoms. The molecule has 0 radical (unpaired) electrons. The minimum absolute atomic E-state index is 0.0213. The number of hydrogen-bond donors (Lipinski definition) is 0. The Morgan fingerprint density at radius 3 is 2.72 bits per heavy atom. The molecule has 0 bridgehead atoms. The third-order valence-corrected chi connectivity index (χ3v) is 7.68. The lowest BCUT2D eigenvalue weighted by Gasteiger charge is -2.47. The van der Waals surface area contributed by atoms with E-state index < -0.39 is 21.5 Å². The summed E-state index contributed by atoms with van der Waals surface area (Å²) < 4.78 is 57.4. The minimum atomic E-state index is -3.43. The van der Waals surface area contributed by atoms with Crippen molar-refractivity contribution in [1.29, 1.82) is 5.26 Å². The molecule has 0 aromatic carbocycles. The fraction of sp³-hybridized carbons (Fsp3) is 0.444. The standard InChI is InChI=1S/C18H16F2N6O2S/c1-2-29(27,28)25-8-17(9-25,5-6-21)26-7-12-15(24-26)16-14-11(18(12,19)20)3-4-13(14)22-10-23-16/h3,7,10H,2,4-5,8-9H2,1H3. The van der Waals surface area contributed by atoms with E-state index >= 15 is 8.78 Å². The molecule has 1 saturated heterocycles. The summed E-state index contributed by atoms with van der Waals surface area (Å²) >= 11 is 0. The summed E-state index contributed by atoms with van der Waals surface area (Å²) in [6, 6.07) is 2.04. The summed E-state index contributed by atoms with van der Waals surface area (Å²) in [5.41, 5.74) is -0.0993. The van der Waals surface area contributed by atoms with Crippen LogP contribution in [0.15, 0.2) is 18.6 Å². The van der Waals surface area contributed by atoms with E-state index in [1.165, 1.54) is 34.5 Å². The number of sulfonamides is 1. The molecule has 2 aliphatic carbocycles. The molecule has 150 valence electrons. The number of nitriles is 1. The molecule has 0 N–H and O–H groups in total. The highest BCUT2D eigenvalue weighted by Crippen LogP contribution is 2.54. The van der Waals surface area contributed by atoms with Crippen LogP contribution < -0.4 is 0 Å². The van der Waals surface area contributed by atoms with Crippen LogP contribution in [0.2, 0.25) is 0 Å². The predicted molar refractivity (Wildman–Crippen MR) is 98.1 cm³/mol. The van der Waals surface area contributed by atoms with Gasteiger partial charge in [0.1, 0.15) is 23.3 Å². The first-order valence-electron chi connectivity index (χ1n) is 9.12. The Bertz CT molecular complexity index is 1220. The van der Waals surface area contributed by atoms with Gasteiger partial charge >= 0.3 is 5.92 Å². The normalized spacial score (nSPS) is 21.0. The van der Waals surface area contributed by atoms with Gasteiger partial charge in [0, 0.05) is 36.8 Å². The van der Waals surface area contributed by atoms with Crippen molar-refractivity contribution in [2.24, 2.45) is 0 Å². The number of rotatable bonds is 4. The van der Waals surface area contributed by atoms with E-state index in [1.807, 2.05) is 6.07 Å². The van der Waals surface area contributed by atoms with Crippen molar-refractivity contribution in [2.75, 3.05) is 18.8 Å². The number of aromatic nitrogens is 4. The third-order valence-electron chi connectivity index (χ3n) is 5.90. The van der Waals surface area contributed by atoms with Crippen molar-refractivity contribution in [3.05, 3.63) is 35.4 Å². The van der Waals surface area contributed by atoms with Gasteiger partial charge in [-0.1, -0.05) is 6.08 Å². The first kappa shape index (κ1) is 18.3. The molecule has 0 atom stereocenters. The molecule has 5 rings (SSSR count). The maximum Gasteiger partial charge on any atom is 0.302 e. The van der Waals surface area contributed by atoms with Crippen molar-refractivity contribution >= 4 is 15.6 Å². The van der Waals surface area contributed by atoms with Gasteiger partial charge in [0.25, 0.3) is 0 Å². The Kier molecular flexibility index (Phi) is 3.58. The summed E-state index contributed by atoms with van der Waals surface area (Å²) in [5.74, 6) is -3.33. The van der Waals surface area contributed by atoms with Crippen LogP contribution in [0.5, 0.6) is 0 Å². The molecular formula is C18H16F2N6O2S. The molecule has 0 amide bonds. The minimum Gasteiger partial charge on any atom is -0.262 e. The maximum absolute atomic E-state index is 15.3. The molecule has 0 unspecified atom stereocenters. The second kappa shape index (κ2) is 5.67. The summed E-state index contributed by atoms with van der Waals surface area (Å²) in [5, 5.41) is 13.7. The summed E-state index contributed by atoms with van der Waals surface area (Å²) in [7, 11) is -3.43. The number of alkyl halides is 2. The van der Waals surface area contributed by atoms with Crippen molar-refractivity contribution in [1.82, 2.24) is 24.1 Å². The highest BCUT2D eigenvalue weighted by Gasteiger charge is 2.53.